The largest absolute Gasteiger partial charge is 0.330 e. The van der Waals surface area contributed by atoms with E-state index in [0.29, 0.717) is 30.5 Å². The molecule has 3 aromatic rings. The summed E-state index contributed by atoms with van der Waals surface area (Å²) in [5.74, 6) is -0.864. The molecular formula is C16H17F2N3S. The number of aryl methyl sites for hydroxylation is 1. The molecule has 0 aliphatic heterocycles. The molecule has 2 heterocycles. The second-order valence-corrected chi connectivity index (χ2v) is 6.22. The highest BCUT2D eigenvalue weighted by Crippen LogP contribution is 2.23. The SMILES string of the molecule is NCCCCn1c(Cc2cccs2)nc2cc(F)c(F)cc21. The van der Waals surface area contributed by atoms with Crippen molar-refractivity contribution < 1.29 is 8.78 Å². The molecule has 0 aliphatic carbocycles. The molecule has 22 heavy (non-hydrogen) atoms. The van der Waals surface area contributed by atoms with Crippen molar-refractivity contribution in [3.63, 3.8) is 0 Å². The quantitative estimate of drug-likeness (QED) is 0.704. The van der Waals surface area contributed by atoms with Crippen LogP contribution in [0.3, 0.4) is 0 Å². The number of nitrogens with two attached hydrogens (primary N) is 1. The Balaban J connectivity index is 2.02. The molecule has 0 saturated heterocycles. The fraction of sp³-hybridized carbons (Fsp3) is 0.312. The number of rotatable bonds is 6. The molecule has 0 atom stereocenters. The fourth-order valence-corrected chi connectivity index (χ4v) is 3.24. The molecule has 2 aromatic heterocycles. The minimum absolute atomic E-state index is 0.498. The molecule has 0 bridgehead atoms. The number of nitrogens with zero attached hydrogens (tertiary/aromatic N) is 2. The van der Waals surface area contributed by atoms with Gasteiger partial charge in [0.25, 0.3) is 0 Å². The molecule has 2 N–H and O–H groups in total. The topological polar surface area (TPSA) is 43.8 Å². The molecule has 0 saturated carbocycles. The van der Waals surface area contributed by atoms with Crippen LogP contribution in [0, 0.1) is 11.6 Å². The molecular weight excluding hydrogens is 304 g/mol. The van der Waals surface area contributed by atoms with Gasteiger partial charge < -0.3 is 10.3 Å². The van der Waals surface area contributed by atoms with E-state index in [1.165, 1.54) is 17.0 Å². The average Bonchev–Trinajstić information content (AvgIpc) is 3.10. The first-order chi connectivity index (χ1) is 10.7. The van der Waals surface area contributed by atoms with Gasteiger partial charge in [0.15, 0.2) is 11.6 Å². The molecule has 1 aromatic carbocycles. The Hall–Kier alpha value is -1.79. The maximum absolute atomic E-state index is 13.6. The van der Waals surface area contributed by atoms with Gasteiger partial charge in [0.05, 0.1) is 11.0 Å². The number of aromatic nitrogens is 2. The number of fused-ring (bicyclic) bond motifs is 1. The van der Waals surface area contributed by atoms with E-state index in [1.807, 2.05) is 22.1 Å². The van der Waals surface area contributed by atoms with E-state index in [0.717, 1.165) is 18.7 Å². The van der Waals surface area contributed by atoms with Gasteiger partial charge in [-0.2, -0.15) is 0 Å². The third-order valence-electron chi connectivity index (χ3n) is 3.62. The Bertz CT molecular complexity index is 765. The Labute approximate surface area is 131 Å². The van der Waals surface area contributed by atoms with Crippen molar-refractivity contribution in [3.05, 3.63) is 52.0 Å². The minimum Gasteiger partial charge on any atom is -0.330 e. The summed E-state index contributed by atoms with van der Waals surface area (Å²) in [4.78, 5) is 5.68. The van der Waals surface area contributed by atoms with Gasteiger partial charge in [-0.25, -0.2) is 13.8 Å². The highest BCUT2D eigenvalue weighted by molar-refractivity contribution is 7.09. The van der Waals surface area contributed by atoms with E-state index in [9.17, 15) is 8.78 Å². The van der Waals surface area contributed by atoms with Gasteiger partial charge in [-0.1, -0.05) is 6.07 Å². The van der Waals surface area contributed by atoms with Gasteiger partial charge in [0.1, 0.15) is 5.82 Å². The number of unbranched alkanes of at least 4 members (excludes halogenated alkanes) is 1. The molecule has 116 valence electrons. The van der Waals surface area contributed by atoms with E-state index >= 15 is 0 Å². The summed E-state index contributed by atoms with van der Waals surface area (Å²) in [5, 5.41) is 2.01. The van der Waals surface area contributed by atoms with Gasteiger partial charge in [-0.05, 0) is 30.8 Å². The summed E-state index contributed by atoms with van der Waals surface area (Å²) in [7, 11) is 0. The summed E-state index contributed by atoms with van der Waals surface area (Å²) in [6.45, 7) is 1.33. The zero-order valence-corrected chi connectivity index (χ0v) is 12.9. The normalized spacial score (nSPS) is 11.4. The lowest BCUT2D eigenvalue weighted by atomic mass is 10.2. The summed E-state index contributed by atoms with van der Waals surface area (Å²) in [5.41, 5.74) is 6.68. The second kappa shape index (κ2) is 6.54. The molecule has 0 fully saturated rings. The molecule has 0 aliphatic rings. The van der Waals surface area contributed by atoms with E-state index < -0.39 is 11.6 Å². The van der Waals surface area contributed by atoms with Gasteiger partial charge in [-0.15, -0.1) is 11.3 Å². The van der Waals surface area contributed by atoms with E-state index in [-0.39, 0.29) is 0 Å². The standard InChI is InChI=1S/C16H17F2N3S/c17-12-9-14-15(10-13(12)18)21(6-2-1-5-19)16(20-14)8-11-4-3-7-22-11/h3-4,7,9-10H,1-2,5-6,8,19H2. The third kappa shape index (κ3) is 3.03. The molecule has 0 unspecified atom stereocenters. The van der Waals surface area contributed by atoms with Crippen LogP contribution >= 0.6 is 11.3 Å². The first-order valence-electron chi connectivity index (χ1n) is 7.25. The van der Waals surface area contributed by atoms with Crippen molar-refractivity contribution in [1.29, 1.82) is 0 Å². The zero-order chi connectivity index (χ0) is 15.5. The van der Waals surface area contributed by atoms with Gasteiger partial charge in [-0.3, -0.25) is 0 Å². The number of benzene rings is 1. The van der Waals surface area contributed by atoms with Crippen LogP contribution in [0.4, 0.5) is 8.78 Å². The lowest BCUT2D eigenvalue weighted by Crippen LogP contribution is -2.07. The van der Waals surface area contributed by atoms with Crippen LogP contribution in [-0.4, -0.2) is 16.1 Å². The number of thiophene rings is 1. The first-order valence-corrected chi connectivity index (χ1v) is 8.13. The molecule has 3 nitrogen and oxygen atoms in total. The van der Waals surface area contributed by atoms with Crippen molar-refractivity contribution in [2.75, 3.05) is 6.54 Å². The van der Waals surface area contributed by atoms with Crippen molar-refractivity contribution in [3.8, 4) is 0 Å². The first kappa shape index (κ1) is 15.1. The highest BCUT2D eigenvalue weighted by atomic mass is 32.1. The maximum atomic E-state index is 13.6. The van der Waals surface area contributed by atoms with Gasteiger partial charge in [0.2, 0.25) is 0 Å². The van der Waals surface area contributed by atoms with Crippen molar-refractivity contribution in [1.82, 2.24) is 9.55 Å². The smallest absolute Gasteiger partial charge is 0.161 e. The third-order valence-corrected chi connectivity index (χ3v) is 4.49. The molecule has 0 amide bonds. The molecule has 6 heteroatoms. The van der Waals surface area contributed by atoms with Gasteiger partial charge in [0, 0.05) is 30.0 Å². The zero-order valence-electron chi connectivity index (χ0n) is 12.1. The monoisotopic (exact) mass is 321 g/mol. The Morgan fingerprint density at radius 1 is 1.18 bits per heavy atom. The van der Waals surface area contributed by atoms with Crippen LogP contribution in [0.25, 0.3) is 11.0 Å². The van der Waals surface area contributed by atoms with E-state index in [2.05, 4.69) is 4.98 Å². The number of imidazole rings is 1. The second-order valence-electron chi connectivity index (χ2n) is 5.19. The van der Waals surface area contributed by atoms with Gasteiger partial charge >= 0.3 is 0 Å². The lowest BCUT2D eigenvalue weighted by Gasteiger charge is -2.08. The minimum atomic E-state index is -0.859. The van der Waals surface area contributed by atoms with Crippen molar-refractivity contribution >= 4 is 22.4 Å². The predicted octanol–water partition coefficient (Wildman–Crippen LogP) is 3.71. The molecule has 0 spiro atoms. The van der Waals surface area contributed by atoms with Crippen LogP contribution in [0.5, 0.6) is 0 Å². The van der Waals surface area contributed by atoms with E-state index in [4.69, 9.17) is 5.73 Å². The Morgan fingerprint density at radius 2 is 2.00 bits per heavy atom. The lowest BCUT2D eigenvalue weighted by molar-refractivity contribution is 0.510. The number of halogens is 2. The Kier molecular flexibility index (Phi) is 4.49. The van der Waals surface area contributed by atoms with Crippen LogP contribution in [0.15, 0.2) is 29.6 Å². The van der Waals surface area contributed by atoms with Crippen molar-refractivity contribution in [2.24, 2.45) is 5.73 Å². The fourth-order valence-electron chi connectivity index (χ4n) is 2.54. The molecule has 0 radical (unpaired) electrons. The van der Waals surface area contributed by atoms with Crippen LogP contribution < -0.4 is 5.73 Å². The predicted molar refractivity (Wildman–Crippen MR) is 85.1 cm³/mol. The summed E-state index contributed by atoms with van der Waals surface area (Å²) < 4.78 is 29.0. The van der Waals surface area contributed by atoms with E-state index in [1.54, 1.807) is 11.3 Å². The number of hydrogen-bond acceptors (Lipinski definition) is 3. The van der Waals surface area contributed by atoms with Crippen LogP contribution in [0.2, 0.25) is 0 Å². The van der Waals surface area contributed by atoms with Crippen LogP contribution in [-0.2, 0) is 13.0 Å². The summed E-state index contributed by atoms with van der Waals surface area (Å²) in [6.07, 6.45) is 2.44. The Morgan fingerprint density at radius 3 is 2.73 bits per heavy atom. The average molecular weight is 321 g/mol. The number of hydrogen-bond donors (Lipinski definition) is 1. The van der Waals surface area contributed by atoms with Crippen molar-refractivity contribution in [2.45, 2.75) is 25.8 Å². The molecule has 3 rings (SSSR count). The summed E-state index contributed by atoms with van der Waals surface area (Å²) in [6, 6.07) is 6.43. The summed E-state index contributed by atoms with van der Waals surface area (Å²) >= 11 is 1.65. The maximum Gasteiger partial charge on any atom is 0.161 e. The van der Waals surface area contributed by atoms with Crippen LogP contribution in [0.1, 0.15) is 23.5 Å². The highest BCUT2D eigenvalue weighted by Gasteiger charge is 2.15.